The Labute approximate surface area is 244 Å². The normalized spacial score (nSPS) is 12.7. The Morgan fingerprint density at radius 3 is 1.88 bits per heavy atom. The number of benzene rings is 2. The van der Waals surface area contributed by atoms with Crippen molar-refractivity contribution < 1.29 is 39.8 Å². The van der Waals surface area contributed by atoms with Gasteiger partial charge in [0.1, 0.15) is 21.3 Å². The highest BCUT2D eigenvalue weighted by molar-refractivity contribution is 7.91. The number of fused-ring (bicyclic) bond motifs is 1. The van der Waals surface area contributed by atoms with Crippen LogP contribution in [0.1, 0.15) is 63.4 Å². The predicted molar refractivity (Wildman–Crippen MR) is 156 cm³/mol. The van der Waals surface area contributed by atoms with Gasteiger partial charge in [-0.1, -0.05) is 32.1 Å². The Morgan fingerprint density at radius 2 is 1.29 bits per heavy atom. The summed E-state index contributed by atoms with van der Waals surface area (Å²) in [6.07, 6.45) is -2.10. The summed E-state index contributed by atoms with van der Waals surface area (Å²) in [5.41, 5.74) is 4.58. The van der Waals surface area contributed by atoms with Crippen LogP contribution in [0.4, 0.5) is 22.0 Å². The molecule has 42 heavy (non-hydrogen) atoms. The third-order valence-electron chi connectivity index (χ3n) is 7.58. The van der Waals surface area contributed by atoms with E-state index in [1.165, 1.54) is 5.56 Å². The quantitative estimate of drug-likeness (QED) is 0.112. The summed E-state index contributed by atoms with van der Waals surface area (Å²) >= 11 is 0. The Bertz CT molecular complexity index is 1400. The molecule has 3 aromatic rings. The number of alkyl halides is 5. The van der Waals surface area contributed by atoms with E-state index < -0.39 is 40.5 Å². The molecule has 0 aliphatic heterocycles. The molecule has 5 nitrogen and oxygen atoms in total. The molecule has 0 aliphatic rings. The molecule has 0 fully saturated rings. The highest BCUT2D eigenvalue weighted by Crippen LogP contribution is 2.39. The topological polar surface area (TPSA) is 57.5 Å². The fourth-order valence-electron chi connectivity index (χ4n) is 5.22. The summed E-state index contributed by atoms with van der Waals surface area (Å²) in [5, 5.41) is 1.14. The lowest BCUT2D eigenvalue weighted by Gasteiger charge is -2.19. The molecule has 1 aromatic heterocycles. The molecule has 2 aromatic carbocycles. The minimum Gasteiger partial charge on any atom is -0.497 e. The molecule has 1 heterocycles. The molecule has 11 heteroatoms. The Kier molecular flexibility index (Phi) is 11.7. The fourth-order valence-corrected chi connectivity index (χ4v) is 6.65. The molecule has 3 rings (SSSR count). The molecule has 0 saturated heterocycles. The van der Waals surface area contributed by atoms with Gasteiger partial charge in [-0.2, -0.15) is 22.0 Å². The van der Waals surface area contributed by atoms with Crippen molar-refractivity contribution in [3.8, 4) is 22.8 Å². The van der Waals surface area contributed by atoms with E-state index in [-0.39, 0.29) is 5.75 Å². The summed E-state index contributed by atoms with van der Waals surface area (Å²) in [5.74, 6) is -4.11. The van der Waals surface area contributed by atoms with Crippen molar-refractivity contribution in [2.24, 2.45) is 0 Å². The number of methoxy groups -OCH3 is 2. The van der Waals surface area contributed by atoms with Crippen molar-refractivity contribution >= 4 is 20.7 Å². The highest BCUT2D eigenvalue weighted by Gasteiger charge is 2.56. The van der Waals surface area contributed by atoms with E-state index in [9.17, 15) is 30.4 Å². The first-order chi connectivity index (χ1) is 19.8. The summed E-state index contributed by atoms with van der Waals surface area (Å²) in [4.78, 5) is 0. The van der Waals surface area contributed by atoms with Crippen LogP contribution in [0.3, 0.4) is 0 Å². The second-order valence-electron chi connectivity index (χ2n) is 10.7. The van der Waals surface area contributed by atoms with Crippen molar-refractivity contribution in [3.05, 3.63) is 48.0 Å². The van der Waals surface area contributed by atoms with E-state index in [0.29, 0.717) is 12.8 Å². The van der Waals surface area contributed by atoms with Gasteiger partial charge in [-0.25, -0.2) is 8.42 Å². The van der Waals surface area contributed by atoms with Crippen LogP contribution in [0, 0.1) is 6.92 Å². The number of sulfone groups is 1. The van der Waals surface area contributed by atoms with Crippen LogP contribution >= 0.6 is 0 Å². The lowest BCUT2D eigenvalue weighted by molar-refractivity contribution is -0.284. The zero-order chi connectivity index (χ0) is 31.0. The van der Waals surface area contributed by atoms with Crippen molar-refractivity contribution in [3.63, 3.8) is 0 Å². The third-order valence-corrected chi connectivity index (χ3v) is 9.41. The van der Waals surface area contributed by atoms with E-state index in [4.69, 9.17) is 9.47 Å². The van der Waals surface area contributed by atoms with Crippen molar-refractivity contribution in [2.75, 3.05) is 25.7 Å². The summed E-state index contributed by atoms with van der Waals surface area (Å²) < 4.78 is 99.8. The second-order valence-corrected chi connectivity index (χ2v) is 13.0. The van der Waals surface area contributed by atoms with Crippen LogP contribution in [-0.2, 0) is 16.4 Å². The number of rotatable bonds is 17. The smallest absolute Gasteiger partial charge is 0.453 e. The maximum absolute atomic E-state index is 13.0. The predicted octanol–water partition coefficient (Wildman–Crippen LogP) is 8.76. The Hall–Kier alpha value is -2.82. The zero-order valence-electron chi connectivity index (χ0n) is 24.4. The van der Waals surface area contributed by atoms with Crippen LogP contribution in [0.2, 0.25) is 0 Å². The highest BCUT2D eigenvalue weighted by atomic mass is 32.2. The van der Waals surface area contributed by atoms with E-state index in [0.717, 1.165) is 72.3 Å². The zero-order valence-corrected chi connectivity index (χ0v) is 25.2. The number of hydrogen-bond acceptors (Lipinski definition) is 4. The molecule has 0 spiro atoms. The van der Waals surface area contributed by atoms with Gasteiger partial charge in [-0.15, -0.1) is 0 Å². The molecule has 234 valence electrons. The summed E-state index contributed by atoms with van der Waals surface area (Å²) in [6.45, 7) is 2.96. The molecule has 0 N–H and O–H groups in total. The van der Waals surface area contributed by atoms with E-state index in [1.807, 2.05) is 18.2 Å². The van der Waals surface area contributed by atoms with Crippen molar-refractivity contribution in [1.82, 2.24) is 4.57 Å². The number of ether oxygens (including phenoxy) is 2. The van der Waals surface area contributed by atoms with Crippen LogP contribution in [0.15, 0.2) is 42.5 Å². The lowest BCUT2D eigenvalue weighted by atomic mass is 10.1. The van der Waals surface area contributed by atoms with Gasteiger partial charge in [0.2, 0.25) is 0 Å². The number of aryl methyl sites for hydroxylation is 2. The third kappa shape index (κ3) is 8.84. The molecule has 0 unspecified atom stereocenters. The summed E-state index contributed by atoms with van der Waals surface area (Å²) in [7, 11) is -0.353. The van der Waals surface area contributed by atoms with Gasteiger partial charge < -0.3 is 14.0 Å². The number of unbranched alkanes of at least 4 members (excludes halogenated alkanes) is 6. The number of aromatic nitrogens is 1. The molecule has 0 amide bonds. The molecule has 0 atom stereocenters. The maximum Gasteiger partial charge on any atom is 0.453 e. The van der Waals surface area contributed by atoms with Crippen molar-refractivity contribution in [2.45, 2.75) is 83.4 Å². The van der Waals surface area contributed by atoms with Gasteiger partial charge in [0.25, 0.3) is 0 Å². The monoisotopic (exact) mass is 617 g/mol. The van der Waals surface area contributed by atoms with Crippen LogP contribution in [0.5, 0.6) is 11.5 Å². The minimum atomic E-state index is -5.65. The Balaban J connectivity index is 1.45. The van der Waals surface area contributed by atoms with Gasteiger partial charge in [-0.05, 0) is 79.8 Å². The SMILES string of the molecule is COc1ccc(-c2c(C)c3cc(OC)ccc3n2CCCCCCCCCS(=O)(=O)CCCC(F)(F)C(F)(F)F)cc1. The average Bonchev–Trinajstić information content (AvgIpc) is 3.21. The first-order valence-corrected chi connectivity index (χ1v) is 16.1. The maximum atomic E-state index is 13.0. The number of halogens is 5. The number of hydrogen-bond donors (Lipinski definition) is 0. The molecular formula is C31H40F5NO4S. The van der Waals surface area contributed by atoms with Gasteiger partial charge in [0, 0.05) is 23.9 Å². The van der Waals surface area contributed by atoms with Gasteiger partial charge in [0.05, 0.1) is 31.4 Å². The van der Waals surface area contributed by atoms with Crippen molar-refractivity contribution in [1.29, 1.82) is 0 Å². The summed E-state index contributed by atoms with van der Waals surface area (Å²) in [6, 6.07) is 14.1. The molecule has 0 bridgehead atoms. The van der Waals surface area contributed by atoms with Gasteiger partial charge in [-0.3, -0.25) is 0 Å². The second kappa shape index (κ2) is 14.6. The van der Waals surface area contributed by atoms with Gasteiger partial charge in [0.15, 0.2) is 0 Å². The van der Waals surface area contributed by atoms with Crippen LogP contribution < -0.4 is 9.47 Å². The first kappa shape index (κ1) is 33.7. The number of nitrogens with zero attached hydrogens (tertiary/aromatic N) is 1. The van der Waals surface area contributed by atoms with E-state index in [1.54, 1.807) is 14.2 Å². The molecule has 0 saturated carbocycles. The lowest BCUT2D eigenvalue weighted by Crippen LogP contribution is -2.36. The van der Waals surface area contributed by atoms with Gasteiger partial charge >= 0.3 is 12.1 Å². The Morgan fingerprint density at radius 1 is 0.738 bits per heavy atom. The standard InChI is InChI=1S/C31H40F5NO4S/c1-23-27-22-26(41-3)16-17-28(27)37(29(23)24-12-14-25(40-2)15-13-24)19-9-7-5-4-6-8-10-20-42(38,39)21-11-18-30(32,33)31(34,35)36/h12-17,22H,4-11,18-21H2,1-3H3. The average molecular weight is 618 g/mol. The fraction of sp³-hybridized carbons (Fsp3) is 0.548. The van der Waals surface area contributed by atoms with Crippen LogP contribution in [-0.4, -0.2) is 50.8 Å². The van der Waals surface area contributed by atoms with E-state index in [2.05, 4.69) is 35.8 Å². The first-order valence-electron chi connectivity index (χ1n) is 14.3. The minimum absolute atomic E-state index is 0.191. The van der Waals surface area contributed by atoms with Crippen LogP contribution in [0.25, 0.3) is 22.2 Å². The molecule has 0 aliphatic carbocycles. The molecule has 0 radical (unpaired) electrons. The molecular weight excluding hydrogens is 577 g/mol. The largest absolute Gasteiger partial charge is 0.497 e. The van der Waals surface area contributed by atoms with E-state index >= 15 is 0 Å².